The van der Waals surface area contributed by atoms with E-state index in [0.717, 1.165) is 17.7 Å². The zero-order valence-electron chi connectivity index (χ0n) is 15.3. The van der Waals surface area contributed by atoms with E-state index >= 15 is 0 Å². The third-order valence-electron chi connectivity index (χ3n) is 3.92. The monoisotopic (exact) mass is 416 g/mol. The minimum atomic E-state index is -4.47. The van der Waals surface area contributed by atoms with Crippen LogP contribution in [-0.4, -0.2) is 33.2 Å². The molecule has 0 heterocycles. The molecule has 2 aromatic rings. The molecule has 1 amide bonds. The zero-order valence-corrected chi connectivity index (χ0v) is 16.1. The number of carbonyl (C=O) groups is 1. The van der Waals surface area contributed by atoms with E-state index in [1.807, 2.05) is 12.1 Å². The van der Waals surface area contributed by atoms with Crippen molar-refractivity contribution in [3.05, 3.63) is 52.5 Å². The number of ether oxygens (including phenoxy) is 2. The Kier molecular flexibility index (Phi) is 7.39. The predicted molar refractivity (Wildman–Crippen MR) is 101 cm³/mol. The number of amides is 1. The molecule has 0 aromatic heterocycles. The molecule has 28 heavy (non-hydrogen) atoms. The van der Waals surface area contributed by atoms with Crippen molar-refractivity contribution in [2.45, 2.75) is 12.6 Å². The summed E-state index contributed by atoms with van der Waals surface area (Å²) in [5, 5.41) is 5.35. The van der Waals surface area contributed by atoms with Gasteiger partial charge in [-0.2, -0.15) is 13.2 Å². The molecule has 2 aromatic carbocycles. The third-order valence-corrected chi connectivity index (χ3v) is 4.23. The normalized spacial score (nSPS) is 11.1. The number of carbonyl (C=O) groups excluding carboxylic acids is 1. The van der Waals surface area contributed by atoms with Gasteiger partial charge in [0.25, 0.3) is 0 Å². The lowest BCUT2D eigenvalue weighted by molar-refractivity contribution is -0.137. The van der Waals surface area contributed by atoms with E-state index in [1.54, 1.807) is 20.3 Å². The second-order valence-electron chi connectivity index (χ2n) is 5.84. The van der Waals surface area contributed by atoms with Gasteiger partial charge in [0, 0.05) is 6.54 Å². The van der Waals surface area contributed by atoms with Crippen molar-refractivity contribution in [1.29, 1.82) is 0 Å². The lowest BCUT2D eigenvalue weighted by Crippen LogP contribution is -2.31. The second kappa shape index (κ2) is 9.54. The molecule has 0 aliphatic carbocycles. The highest BCUT2D eigenvalue weighted by Gasteiger charge is 2.30. The number of halogens is 4. The number of alkyl halides is 3. The van der Waals surface area contributed by atoms with Gasteiger partial charge in [-0.05, 0) is 42.3 Å². The zero-order chi connectivity index (χ0) is 20.7. The van der Waals surface area contributed by atoms with Crippen LogP contribution in [0.3, 0.4) is 0 Å². The largest absolute Gasteiger partial charge is 0.493 e. The Morgan fingerprint density at radius 2 is 1.79 bits per heavy atom. The molecule has 9 heteroatoms. The van der Waals surface area contributed by atoms with E-state index in [0.29, 0.717) is 24.5 Å². The lowest BCUT2D eigenvalue weighted by Gasteiger charge is -2.12. The molecule has 0 saturated heterocycles. The molecular formula is C19H20ClF3N2O3. The lowest BCUT2D eigenvalue weighted by atomic mass is 10.1. The molecule has 0 fully saturated rings. The van der Waals surface area contributed by atoms with Crippen LogP contribution in [-0.2, 0) is 17.4 Å². The summed E-state index contributed by atoms with van der Waals surface area (Å²) in [4.78, 5) is 11.9. The standard InChI is InChI=1S/C19H20ClF3N2O3/c1-27-16-6-3-12(9-17(16)28-2)7-8-24-18(26)11-25-15-5-4-13(10-14(15)20)19(21,22)23/h3-6,9-10,25H,7-8,11H2,1-2H3,(H,24,26). The predicted octanol–water partition coefficient (Wildman–Crippen LogP) is 4.15. The van der Waals surface area contributed by atoms with Crippen LogP contribution in [0.5, 0.6) is 11.5 Å². The highest BCUT2D eigenvalue weighted by molar-refractivity contribution is 6.33. The summed E-state index contributed by atoms with van der Waals surface area (Å²) in [5.74, 6) is 0.911. The van der Waals surface area contributed by atoms with E-state index < -0.39 is 11.7 Å². The van der Waals surface area contributed by atoms with Gasteiger partial charge < -0.3 is 20.1 Å². The van der Waals surface area contributed by atoms with Crippen molar-refractivity contribution in [2.75, 3.05) is 32.6 Å². The van der Waals surface area contributed by atoms with E-state index in [2.05, 4.69) is 10.6 Å². The molecule has 5 nitrogen and oxygen atoms in total. The van der Waals surface area contributed by atoms with Crippen LogP contribution in [0.2, 0.25) is 5.02 Å². The van der Waals surface area contributed by atoms with Crippen molar-refractivity contribution >= 4 is 23.2 Å². The maximum atomic E-state index is 12.6. The summed E-state index contributed by atoms with van der Waals surface area (Å²) in [5.41, 5.74) is 0.365. The summed E-state index contributed by atoms with van der Waals surface area (Å²) in [6, 6.07) is 8.40. The van der Waals surface area contributed by atoms with Crippen molar-refractivity contribution in [3.63, 3.8) is 0 Å². The first-order valence-electron chi connectivity index (χ1n) is 8.33. The number of hydrogen-bond acceptors (Lipinski definition) is 4. The summed E-state index contributed by atoms with van der Waals surface area (Å²) in [6.45, 7) is 0.272. The van der Waals surface area contributed by atoms with Gasteiger partial charge in [-0.15, -0.1) is 0 Å². The number of methoxy groups -OCH3 is 2. The van der Waals surface area contributed by atoms with Gasteiger partial charge in [0.2, 0.25) is 5.91 Å². The van der Waals surface area contributed by atoms with E-state index in [1.165, 1.54) is 6.07 Å². The molecule has 0 atom stereocenters. The van der Waals surface area contributed by atoms with Crippen LogP contribution in [0.15, 0.2) is 36.4 Å². The van der Waals surface area contributed by atoms with Gasteiger partial charge >= 0.3 is 6.18 Å². The topological polar surface area (TPSA) is 59.6 Å². The first-order chi connectivity index (χ1) is 13.2. The number of nitrogens with one attached hydrogen (secondary N) is 2. The van der Waals surface area contributed by atoms with Crippen molar-refractivity contribution in [3.8, 4) is 11.5 Å². The molecule has 2 rings (SSSR count). The number of rotatable bonds is 8. The highest BCUT2D eigenvalue weighted by Crippen LogP contribution is 2.33. The maximum absolute atomic E-state index is 12.6. The van der Waals surface area contributed by atoms with Crippen molar-refractivity contribution < 1.29 is 27.4 Å². The van der Waals surface area contributed by atoms with Crippen LogP contribution in [0, 0.1) is 0 Å². The van der Waals surface area contributed by atoms with Crippen LogP contribution in [0.4, 0.5) is 18.9 Å². The molecule has 0 bridgehead atoms. The van der Waals surface area contributed by atoms with Crippen molar-refractivity contribution in [2.24, 2.45) is 0 Å². The Morgan fingerprint density at radius 3 is 2.39 bits per heavy atom. The van der Waals surface area contributed by atoms with E-state index in [-0.39, 0.29) is 23.2 Å². The molecule has 0 unspecified atom stereocenters. The Hall–Kier alpha value is -2.61. The van der Waals surface area contributed by atoms with E-state index in [9.17, 15) is 18.0 Å². The Labute approximate surface area is 165 Å². The van der Waals surface area contributed by atoms with Crippen LogP contribution in [0.25, 0.3) is 0 Å². The molecule has 0 saturated carbocycles. The average Bonchev–Trinajstić information content (AvgIpc) is 2.66. The van der Waals surface area contributed by atoms with Crippen molar-refractivity contribution in [1.82, 2.24) is 5.32 Å². The minimum absolute atomic E-state index is 0.104. The molecule has 0 aliphatic rings. The molecule has 2 N–H and O–H groups in total. The van der Waals surface area contributed by atoms with Crippen LogP contribution >= 0.6 is 11.6 Å². The first-order valence-corrected chi connectivity index (χ1v) is 8.70. The van der Waals surface area contributed by atoms with Gasteiger partial charge in [0.05, 0.1) is 37.0 Å². The van der Waals surface area contributed by atoms with Gasteiger partial charge in [-0.3, -0.25) is 4.79 Å². The van der Waals surface area contributed by atoms with Gasteiger partial charge in [0.15, 0.2) is 11.5 Å². The average molecular weight is 417 g/mol. The van der Waals surface area contributed by atoms with E-state index in [4.69, 9.17) is 21.1 Å². The maximum Gasteiger partial charge on any atom is 0.416 e. The second-order valence-corrected chi connectivity index (χ2v) is 6.24. The number of hydrogen-bond donors (Lipinski definition) is 2. The molecule has 0 aliphatic heterocycles. The fourth-order valence-corrected chi connectivity index (χ4v) is 2.70. The Morgan fingerprint density at radius 1 is 1.07 bits per heavy atom. The first kappa shape index (κ1) is 21.7. The van der Waals surface area contributed by atoms with Gasteiger partial charge in [-0.25, -0.2) is 0 Å². The Bertz CT molecular complexity index is 829. The highest BCUT2D eigenvalue weighted by atomic mass is 35.5. The van der Waals surface area contributed by atoms with Crippen LogP contribution < -0.4 is 20.1 Å². The molecular weight excluding hydrogens is 397 g/mol. The summed E-state index contributed by atoms with van der Waals surface area (Å²) in [7, 11) is 3.09. The molecule has 0 spiro atoms. The minimum Gasteiger partial charge on any atom is -0.493 e. The quantitative estimate of drug-likeness (QED) is 0.678. The van der Waals surface area contributed by atoms with Crippen LogP contribution in [0.1, 0.15) is 11.1 Å². The smallest absolute Gasteiger partial charge is 0.416 e. The molecule has 0 radical (unpaired) electrons. The molecule has 152 valence electrons. The number of anilines is 1. The summed E-state index contributed by atoms with van der Waals surface area (Å²) < 4.78 is 48.3. The summed E-state index contributed by atoms with van der Waals surface area (Å²) >= 11 is 5.84. The fourth-order valence-electron chi connectivity index (χ4n) is 2.46. The Balaban J connectivity index is 1.82. The van der Waals surface area contributed by atoms with Gasteiger partial charge in [0.1, 0.15) is 0 Å². The SMILES string of the molecule is COc1ccc(CCNC(=O)CNc2ccc(C(F)(F)F)cc2Cl)cc1OC. The fraction of sp³-hybridized carbons (Fsp3) is 0.316. The third kappa shape index (κ3) is 5.95. The number of benzene rings is 2. The summed E-state index contributed by atoms with van der Waals surface area (Å²) in [6.07, 6.45) is -3.89. The van der Waals surface area contributed by atoms with Gasteiger partial charge in [-0.1, -0.05) is 17.7 Å².